The summed E-state index contributed by atoms with van der Waals surface area (Å²) < 4.78 is 25.8. The monoisotopic (exact) mass is 520 g/mol. The number of piperidine rings is 1. The van der Waals surface area contributed by atoms with E-state index in [1.165, 1.54) is 6.07 Å². The fourth-order valence-electron chi connectivity index (χ4n) is 4.37. The number of likely N-dealkylation sites (tertiary alicyclic amines) is 1. The molecule has 1 aromatic heterocycles. The molecular weight excluding hydrogens is 498 g/mol. The lowest BCUT2D eigenvalue weighted by molar-refractivity contribution is -0.155. The average molecular weight is 521 g/mol. The molecule has 1 fully saturated rings. The summed E-state index contributed by atoms with van der Waals surface area (Å²) in [5, 5.41) is 4.09. The van der Waals surface area contributed by atoms with Crippen molar-refractivity contribution in [2.75, 3.05) is 13.1 Å². The number of thiazole rings is 1. The highest BCUT2D eigenvalue weighted by molar-refractivity contribution is 7.09. The van der Waals surface area contributed by atoms with Crippen LogP contribution in [0.15, 0.2) is 41.8 Å². The van der Waals surface area contributed by atoms with Crippen LogP contribution < -0.4 is 0 Å². The molecule has 9 heteroatoms. The molecular formula is C25H23Cl2FN2O3S. The van der Waals surface area contributed by atoms with Crippen LogP contribution in [0.25, 0.3) is 0 Å². The molecule has 1 saturated heterocycles. The number of fused-ring (bicyclic) bond motifs is 1. The molecule has 2 aromatic carbocycles. The highest BCUT2D eigenvalue weighted by atomic mass is 35.5. The third-order valence-electron chi connectivity index (χ3n) is 6.31. The van der Waals surface area contributed by atoms with Crippen molar-refractivity contribution in [2.24, 2.45) is 0 Å². The Morgan fingerprint density at radius 1 is 1.15 bits per heavy atom. The Morgan fingerprint density at radius 3 is 2.76 bits per heavy atom. The normalized spacial score (nSPS) is 19.0. The molecule has 2 aliphatic heterocycles. The highest BCUT2D eigenvalue weighted by Gasteiger charge is 2.28. The van der Waals surface area contributed by atoms with Crippen molar-refractivity contribution in [2.45, 2.75) is 44.7 Å². The maximum absolute atomic E-state index is 14.1. The van der Waals surface area contributed by atoms with Gasteiger partial charge in [-0.25, -0.2) is 9.37 Å². The largest absolute Gasteiger partial charge is 0.342 e. The van der Waals surface area contributed by atoms with E-state index in [1.54, 1.807) is 35.6 Å². The molecule has 0 aliphatic carbocycles. The number of aromatic nitrogens is 1. The van der Waals surface area contributed by atoms with E-state index in [-0.39, 0.29) is 37.3 Å². The molecule has 34 heavy (non-hydrogen) atoms. The Labute approximate surface area is 211 Å². The number of ether oxygens (including phenoxy) is 2. The molecule has 0 N–H and O–H groups in total. The van der Waals surface area contributed by atoms with E-state index in [0.717, 1.165) is 29.0 Å². The van der Waals surface area contributed by atoms with Crippen LogP contribution in [0.5, 0.6) is 0 Å². The Morgan fingerprint density at radius 2 is 1.94 bits per heavy atom. The second-order valence-corrected chi connectivity index (χ2v) is 10.2. The van der Waals surface area contributed by atoms with Gasteiger partial charge in [-0.2, -0.15) is 0 Å². The van der Waals surface area contributed by atoms with Crippen molar-refractivity contribution in [3.63, 3.8) is 0 Å². The predicted molar refractivity (Wildman–Crippen MR) is 130 cm³/mol. The first-order valence-electron chi connectivity index (χ1n) is 11.1. The smallest absolute Gasteiger partial charge is 0.227 e. The summed E-state index contributed by atoms with van der Waals surface area (Å²) >= 11 is 13.8. The van der Waals surface area contributed by atoms with Gasteiger partial charge in [0.05, 0.1) is 24.6 Å². The van der Waals surface area contributed by atoms with Crippen molar-refractivity contribution in [1.29, 1.82) is 0 Å². The lowest BCUT2D eigenvalue weighted by Crippen LogP contribution is -2.38. The van der Waals surface area contributed by atoms with Gasteiger partial charge in [-0.05, 0) is 48.2 Å². The molecule has 0 saturated carbocycles. The number of rotatable bonds is 4. The van der Waals surface area contributed by atoms with Crippen LogP contribution in [0.4, 0.5) is 4.39 Å². The van der Waals surface area contributed by atoms with Crippen LogP contribution >= 0.6 is 34.5 Å². The zero-order chi connectivity index (χ0) is 23.7. The Bertz CT molecular complexity index is 1200. The van der Waals surface area contributed by atoms with E-state index in [4.69, 9.17) is 37.7 Å². The van der Waals surface area contributed by atoms with Gasteiger partial charge in [0.25, 0.3) is 0 Å². The van der Waals surface area contributed by atoms with Crippen LogP contribution in [-0.4, -0.2) is 28.9 Å². The third kappa shape index (κ3) is 5.14. The molecule has 1 amide bonds. The zero-order valence-corrected chi connectivity index (χ0v) is 20.6. The standard InChI is InChI=1S/C25H23Cl2FN2O3S/c26-18-4-5-20(27)17(10-18)11-23(31)30-8-6-15(7-9-30)24-29-22(14-34-24)25-32-12-16-2-1-3-21(28)19(16)13-33-25/h1-5,10,14-15,25H,6-9,11-13H2. The van der Waals surface area contributed by atoms with Gasteiger partial charge < -0.3 is 14.4 Å². The molecule has 0 bridgehead atoms. The molecule has 0 radical (unpaired) electrons. The van der Waals surface area contributed by atoms with Crippen molar-refractivity contribution in [1.82, 2.24) is 9.88 Å². The van der Waals surface area contributed by atoms with Crippen LogP contribution in [0.2, 0.25) is 10.0 Å². The van der Waals surface area contributed by atoms with E-state index in [9.17, 15) is 9.18 Å². The van der Waals surface area contributed by atoms with Crippen LogP contribution in [0.1, 0.15) is 52.4 Å². The van der Waals surface area contributed by atoms with Crippen molar-refractivity contribution < 1.29 is 18.7 Å². The van der Waals surface area contributed by atoms with Gasteiger partial charge in [-0.15, -0.1) is 11.3 Å². The minimum absolute atomic E-state index is 0.0505. The van der Waals surface area contributed by atoms with Gasteiger partial charge in [0.15, 0.2) is 0 Å². The van der Waals surface area contributed by atoms with Gasteiger partial charge >= 0.3 is 0 Å². The molecule has 178 valence electrons. The minimum Gasteiger partial charge on any atom is -0.342 e. The first-order chi connectivity index (χ1) is 16.5. The maximum atomic E-state index is 14.1. The van der Waals surface area contributed by atoms with Gasteiger partial charge in [-0.1, -0.05) is 35.3 Å². The quantitative estimate of drug-likeness (QED) is 0.406. The number of hydrogen-bond donors (Lipinski definition) is 0. The molecule has 3 heterocycles. The number of nitrogens with zero attached hydrogens (tertiary/aromatic N) is 2. The van der Waals surface area contributed by atoms with Gasteiger partial charge in [0.2, 0.25) is 12.2 Å². The molecule has 5 rings (SSSR count). The number of benzene rings is 2. The van der Waals surface area contributed by atoms with Gasteiger partial charge in [0, 0.05) is 40.0 Å². The summed E-state index contributed by atoms with van der Waals surface area (Å²) in [4.78, 5) is 19.4. The number of halogens is 3. The summed E-state index contributed by atoms with van der Waals surface area (Å²) in [5.41, 5.74) is 2.80. The second-order valence-electron chi connectivity index (χ2n) is 8.51. The fourth-order valence-corrected chi connectivity index (χ4v) is 5.74. The molecule has 5 nitrogen and oxygen atoms in total. The van der Waals surface area contributed by atoms with E-state index in [1.807, 2.05) is 16.3 Å². The molecule has 1 atom stereocenters. The summed E-state index contributed by atoms with van der Waals surface area (Å²) in [6, 6.07) is 10.1. The van der Waals surface area contributed by atoms with Crippen molar-refractivity contribution in [3.8, 4) is 0 Å². The topological polar surface area (TPSA) is 51.7 Å². The summed E-state index contributed by atoms with van der Waals surface area (Å²) in [7, 11) is 0. The Hall–Kier alpha value is -2.03. The van der Waals surface area contributed by atoms with E-state index in [2.05, 4.69) is 0 Å². The third-order valence-corrected chi connectivity index (χ3v) is 7.94. The molecule has 1 unspecified atom stereocenters. The van der Waals surface area contributed by atoms with E-state index in [0.29, 0.717) is 34.4 Å². The SMILES string of the molecule is O=C(Cc1cc(Cl)ccc1Cl)N1CCC(c2nc(C3OCc4cccc(F)c4CO3)cs2)CC1. The van der Waals surface area contributed by atoms with Gasteiger partial charge in [-0.3, -0.25) is 4.79 Å². The fraction of sp³-hybridized carbons (Fsp3) is 0.360. The number of carbonyl (C=O) groups excluding carboxylic acids is 1. The minimum atomic E-state index is -0.624. The number of carbonyl (C=O) groups is 1. The first-order valence-corrected chi connectivity index (χ1v) is 12.8. The molecule has 3 aromatic rings. The summed E-state index contributed by atoms with van der Waals surface area (Å²) in [5.74, 6) is 0.0483. The average Bonchev–Trinajstić information content (AvgIpc) is 3.22. The van der Waals surface area contributed by atoms with E-state index >= 15 is 0 Å². The van der Waals surface area contributed by atoms with Crippen LogP contribution in [0.3, 0.4) is 0 Å². The second kappa shape index (κ2) is 10.3. The molecule has 2 aliphatic rings. The lowest BCUT2D eigenvalue weighted by atomic mass is 9.97. The molecule has 0 spiro atoms. The van der Waals surface area contributed by atoms with Crippen LogP contribution in [0, 0.1) is 5.82 Å². The van der Waals surface area contributed by atoms with E-state index < -0.39 is 6.29 Å². The highest BCUT2D eigenvalue weighted by Crippen LogP contribution is 2.34. The Kier molecular flexibility index (Phi) is 7.18. The predicted octanol–water partition coefficient (Wildman–Crippen LogP) is 6.28. The van der Waals surface area contributed by atoms with Crippen molar-refractivity contribution in [3.05, 3.63) is 85.0 Å². The van der Waals surface area contributed by atoms with Gasteiger partial charge in [0.1, 0.15) is 11.5 Å². The Balaban J connectivity index is 1.17. The maximum Gasteiger partial charge on any atom is 0.227 e. The summed E-state index contributed by atoms with van der Waals surface area (Å²) in [6.45, 7) is 1.77. The first kappa shape index (κ1) is 23.7. The summed E-state index contributed by atoms with van der Waals surface area (Å²) in [6.07, 6.45) is 1.29. The number of amides is 1. The lowest BCUT2D eigenvalue weighted by Gasteiger charge is -2.31. The van der Waals surface area contributed by atoms with Crippen LogP contribution in [-0.2, 0) is 33.9 Å². The zero-order valence-electron chi connectivity index (χ0n) is 18.3. The van der Waals surface area contributed by atoms with Crippen molar-refractivity contribution >= 4 is 40.4 Å². The number of hydrogen-bond acceptors (Lipinski definition) is 5.